The van der Waals surface area contributed by atoms with Crippen molar-refractivity contribution in [1.82, 2.24) is 9.71 Å². The monoisotopic (exact) mass is 643 g/mol. The van der Waals surface area contributed by atoms with Gasteiger partial charge in [0.05, 0.1) is 20.8 Å². The Morgan fingerprint density at radius 2 is 1.64 bits per heavy atom. The average molecular weight is 644 g/mol. The van der Waals surface area contributed by atoms with Gasteiger partial charge in [0, 0.05) is 36.1 Å². The second-order valence-electron chi connectivity index (χ2n) is 10.4. The molecule has 0 aliphatic heterocycles. The molecule has 1 amide bonds. The van der Waals surface area contributed by atoms with Gasteiger partial charge in [0.1, 0.15) is 0 Å². The highest BCUT2D eigenvalue weighted by atomic mass is 35.5. The largest absolute Gasteiger partial charge is 0.388 e. The Balaban J connectivity index is 1.33. The fraction of sp³-hybridized carbons (Fsp3) is 0.333. The number of benzene rings is 2. The van der Waals surface area contributed by atoms with E-state index in [0.717, 1.165) is 6.07 Å². The van der Waals surface area contributed by atoms with Crippen LogP contribution in [0.2, 0.25) is 5.02 Å². The molecule has 2 aliphatic rings. The minimum atomic E-state index is -4.14. The van der Waals surface area contributed by atoms with E-state index in [2.05, 4.69) is 15.0 Å². The lowest BCUT2D eigenvalue weighted by Gasteiger charge is -2.42. The number of hydrogen-bond donors (Lipinski definition) is 3. The molecule has 2 saturated carbocycles. The van der Waals surface area contributed by atoms with Crippen molar-refractivity contribution >= 4 is 43.1 Å². The molecule has 2 bridgehead atoms. The molecule has 2 fully saturated rings. The molecular weight excluding hydrogens is 619 g/mol. The fourth-order valence-corrected chi connectivity index (χ4v) is 9.24. The molecule has 3 N–H and O–H groups in total. The standard InChI is InChI=1S/C27H25ClF3N3O6S2/c28-20-7-4-15(26(35)34-18-12-21(29)25(31)22(30)13-18)9-23(20)41(37,38)19-10-16-5-6-17(11-19)27(16,36)14-33-42(39,40)24-3-1-2-8-32-24/h1-4,7-9,12-13,16-17,19,33,36H,5-6,10-11,14H2,(H,34,35)/t16?,17?,19-,27-. The van der Waals surface area contributed by atoms with Crippen molar-refractivity contribution in [2.24, 2.45) is 11.8 Å². The Hall–Kier alpha value is -3.04. The van der Waals surface area contributed by atoms with Gasteiger partial charge < -0.3 is 10.4 Å². The van der Waals surface area contributed by atoms with Gasteiger partial charge in [-0.1, -0.05) is 17.7 Å². The number of anilines is 1. The predicted molar refractivity (Wildman–Crippen MR) is 147 cm³/mol. The smallest absolute Gasteiger partial charge is 0.258 e. The van der Waals surface area contributed by atoms with Crippen molar-refractivity contribution in [1.29, 1.82) is 0 Å². The first-order chi connectivity index (χ1) is 19.7. The fourth-order valence-electron chi connectivity index (χ4n) is 5.82. The number of carbonyl (C=O) groups excluding carboxylic acids is 1. The minimum absolute atomic E-state index is 0.0293. The van der Waals surface area contributed by atoms with E-state index in [-0.39, 0.29) is 45.6 Å². The zero-order valence-electron chi connectivity index (χ0n) is 21.7. The van der Waals surface area contributed by atoms with E-state index in [1.807, 2.05) is 0 Å². The summed E-state index contributed by atoms with van der Waals surface area (Å²) < 4.78 is 95.6. The van der Waals surface area contributed by atoms with Crippen LogP contribution in [0.4, 0.5) is 18.9 Å². The number of fused-ring (bicyclic) bond motifs is 2. The number of nitrogens with zero attached hydrogens (tertiary/aromatic N) is 1. The number of nitrogens with one attached hydrogen (secondary N) is 2. The van der Waals surface area contributed by atoms with Crippen LogP contribution in [-0.2, 0) is 19.9 Å². The number of carbonyl (C=O) groups is 1. The van der Waals surface area contributed by atoms with Gasteiger partial charge in [-0.15, -0.1) is 0 Å². The zero-order chi connectivity index (χ0) is 30.4. The molecule has 15 heteroatoms. The maximum atomic E-state index is 13.7. The third-order valence-corrected chi connectivity index (χ3v) is 12.0. The molecule has 0 spiro atoms. The SMILES string of the molecule is O=C(Nc1cc(F)c(F)c(F)c1)c1ccc(Cl)c(S(=O)(=O)[C@H]2CC3CCC(C2)[C@]3(O)CNS(=O)(=O)c2ccccn2)c1. The molecule has 1 heterocycles. The van der Waals surface area contributed by atoms with Crippen LogP contribution in [0.1, 0.15) is 36.0 Å². The Morgan fingerprint density at radius 3 is 2.24 bits per heavy atom. The van der Waals surface area contributed by atoms with Crippen LogP contribution < -0.4 is 10.0 Å². The van der Waals surface area contributed by atoms with Gasteiger partial charge in [-0.3, -0.25) is 4.79 Å². The number of hydrogen-bond acceptors (Lipinski definition) is 7. The molecule has 1 aromatic heterocycles. The van der Waals surface area contributed by atoms with E-state index in [1.165, 1.54) is 30.5 Å². The highest BCUT2D eigenvalue weighted by Crippen LogP contribution is 2.52. The molecule has 2 unspecified atom stereocenters. The predicted octanol–water partition coefficient (Wildman–Crippen LogP) is 4.08. The first kappa shape index (κ1) is 30.4. The summed E-state index contributed by atoms with van der Waals surface area (Å²) in [5, 5.41) is 12.4. The second kappa shape index (κ2) is 11.2. The molecule has 9 nitrogen and oxygen atoms in total. The van der Waals surface area contributed by atoms with Gasteiger partial charge in [0.25, 0.3) is 15.9 Å². The summed E-state index contributed by atoms with van der Waals surface area (Å²) in [6.07, 6.45) is 2.36. The summed E-state index contributed by atoms with van der Waals surface area (Å²) in [5.41, 5.74) is -2.03. The number of amides is 1. The highest BCUT2D eigenvalue weighted by molar-refractivity contribution is 7.92. The van der Waals surface area contributed by atoms with Gasteiger partial charge >= 0.3 is 0 Å². The van der Waals surface area contributed by atoms with Gasteiger partial charge in [-0.25, -0.2) is 39.7 Å². The maximum Gasteiger partial charge on any atom is 0.258 e. The molecule has 2 atom stereocenters. The first-order valence-electron chi connectivity index (χ1n) is 12.8. The van der Waals surface area contributed by atoms with Crippen molar-refractivity contribution in [2.75, 3.05) is 11.9 Å². The van der Waals surface area contributed by atoms with Crippen LogP contribution in [0.3, 0.4) is 0 Å². The molecule has 3 aromatic rings. The average Bonchev–Trinajstić information content (AvgIpc) is 3.10. The summed E-state index contributed by atoms with van der Waals surface area (Å²) in [4.78, 5) is 16.3. The van der Waals surface area contributed by atoms with E-state index in [0.29, 0.717) is 25.0 Å². The van der Waals surface area contributed by atoms with Crippen molar-refractivity contribution in [2.45, 2.75) is 46.5 Å². The molecule has 5 rings (SSSR count). The van der Waals surface area contributed by atoms with Crippen LogP contribution in [0.15, 0.2) is 64.6 Å². The van der Waals surface area contributed by atoms with Crippen LogP contribution in [0.25, 0.3) is 0 Å². The van der Waals surface area contributed by atoms with Gasteiger partial charge in [0.2, 0.25) is 0 Å². The lowest BCUT2D eigenvalue weighted by Crippen LogP contribution is -2.54. The minimum Gasteiger partial charge on any atom is -0.388 e. The molecule has 2 aromatic carbocycles. The zero-order valence-corrected chi connectivity index (χ0v) is 24.1. The van der Waals surface area contributed by atoms with Crippen molar-refractivity contribution in [3.05, 3.63) is 82.8 Å². The summed E-state index contributed by atoms with van der Waals surface area (Å²) in [6.45, 7) is -0.311. The number of sulfonamides is 1. The Morgan fingerprint density at radius 1 is 1.00 bits per heavy atom. The Kier molecular flexibility index (Phi) is 8.13. The number of pyridine rings is 1. The first-order valence-corrected chi connectivity index (χ1v) is 16.3. The molecular formula is C27H25ClF3N3O6S2. The number of halogens is 4. The summed E-state index contributed by atoms with van der Waals surface area (Å²) in [7, 11) is -8.15. The van der Waals surface area contributed by atoms with Gasteiger partial charge in [0.15, 0.2) is 32.3 Å². The quantitative estimate of drug-likeness (QED) is 0.314. The van der Waals surface area contributed by atoms with Crippen molar-refractivity contribution < 1.29 is 39.9 Å². The van der Waals surface area contributed by atoms with E-state index in [4.69, 9.17) is 11.6 Å². The number of sulfone groups is 1. The van der Waals surface area contributed by atoms with Crippen LogP contribution in [-0.4, -0.2) is 50.2 Å². The Labute approximate surface area is 245 Å². The van der Waals surface area contributed by atoms with E-state index in [1.54, 1.807) is 6.07 Å². The number of rotatable bonds is 8. The third-order valence-electron chi connectivity index (χ3n) is 8.01. The summed E-state index contributed by atoms with van der Waals surface area (Å²) >= 11 is 6.24. The lowest BCUT2D eigenvalue weighted by atomic mass is 9.74. The van der Waals surface area contributed by atoms with Crippen LogP contribution in [0, 0.1) is 29.3 Å². The number of aliphatic hydroxyl groups is 1. The lowest BCUT2D eigenvalue weighted by molar-refractivity contribution is -0.0526. The van der Waals surface area contributed by atoms with Crippen LogP contribution >= 0.6 is 11.6 Å². The van der Waals surface area contributed by atoms with Crippen molar-refractivity contribution in [3.63, 3.8) is 0 Å². The Bertz CT molecular complexity index is 1720. The topological polar surface area (TPSA) is 143 Å². The van der Waals surface area contributed by atoms with E-state index < -0.39 is 65.9 Å². The normalized spacial score (nSPS) is 24.0. The number of aromatic nitrogens is 1. The van der Waals surface area contributed by atoms with E-state index in [9.17, 15) is 39.9 Å². The molecule has 0 radical (unpaired) electrons. The highest BCUT2D eigenvalue weighted by Gasteiger charge is 2.56. The molecule has 42 heavy (non-hydrogen) atoms. The molecule has 2 aliphatic carbocycles. The maximum absolute atomic E-state index is 13.7. The summed E-state index contributed by atoms with van der Waals surface area (Å²) in [5.74, 6) is -6.70. The van der Waals surface area contributed by atoms with E-state index >= 15 is 0 Å². The third kappa shape index (κ3) is 5.65. The van der Waals surface area contributed by atoms with Crippen molar-refractivity contribution in [3.8, 4) is 0 Å². The molecule has 224 valence electrons. The molecule has 0 saturated heterocycles. The van der Waals surface area contributed by atoms with Crippen LogP contribution in [0.5, 0.6) is 0 Å². The van der Waals surface area contributed by atoms with Gasteiger partial charge in [-0.2, -0.15) is 0 Å². The second-order valence-corrected chi connectivity index (χ2v) is 14.8. The summed E-state index contributed by atoms with van der Waals surface area (Å²) in [6, 6.07) is 9.04. The van der Waals surface area contributed by atoms with Gasteiger partial charge in [-0.05, 0) is 67.9 Å².